The van der Waals surface area contributed by atoms with Gasteiger partial charge >= 0.3 is 0 Å². The second kappa shape index (κ2) is 9.21. The molecule has 1 aliphatic heterocycles. The number of rotatable bonds is 7. The van der Waals surface area contributed by atoms with Gasteiger partial charge in [0, 0.05) is 18.5 Å². The van der Waals surface area contributed by atoms with E-state index in [9.17, 15) is 17.6 Å². The minimum Gasteiger partial charge on any atom is -0.486 e. The Balaban J connectivity index is 1.57. The molecule has 1 saturated heterocycles. The van der Waals surface area contributed by atoms with Gasteiger partial charge in [0.05, 0.1) is 11.4 Å². The molecule has 9 heteroatoms. The monoisotopic (exact) mass is 440 g/mol. The van der Waals surface area contributed by atoms with Crippen molar-refractivity contribution in [2.45, 2.75) is 44.3 Å². The molecule has 0 radical (unpaired) electrons. The van der Waals surface area contributed by atoms with Gasteiger partial charge < -0.3 is 9.64 Å². The maximum absolute atomic E-state index is 12.9. The minimum atomic E-state index is -3.66. The number of ether oxygens (including phenoxy) is 1. The van der Waals surface area contributed by atoms with Crippen molar-refractivity contribution in [2.24, 2.45) is 5.92 Å². The highest BCUT2D eigenvalue weighted by molar-refractivity contribution is 7.92. The molecule has 1 fully saturated rings. The largest absolute Gasteiger partial charge is 0.486 e. The smallest absolute Gasteiger partial charge is 0.240 e. The summed E-state index contributed by atoms with van der Waals surface area (Å²) in [6.07, 6.45) is 1.81. The van der Waals surface area contributed by atoms with Crippen LogP contribution in [-0.4, -0.2) is 42.5 Å². The van der Waals surface area contributed by atoms with Crippen LogP contribution < -0.4 is 4.74 Å². The van der Waals surface area contributed by atoms with Gasteiger partial charge in [-0.2, -0.15) is 0 Å². The molecule has 0 saturated carbocycles. The highest BCUT2D eigenvalue weighted by Crippen LogP contribution is 2.21. The molecule has 3 rings (SSSR count). The van der Waals surface area contributed by atoms with Gasteiger partial charge in [-0.3, -0.25) is 4.79 Å². The summed E-state index contributed by atoms with van der Waals surface area (Å²) in [6.45, 7) is 4.99. The van der Waals surface area contributed by atoms with Crippen molar-refractivity contribution in [1.82, 2.24) is 9.88 Å². The molecule has 0 aliphatic carbocycles. The summed E-state index contributed by atoms with van der Waals surface area (Å²) in [5, 5.41) is 1.20. The van der Waals surface area contributed by atoms with Crippen LogP contribution in [0.3, 0.4) is 0 Å². The van der Waals surface area contributed by atoms with Crippen LogP contribution in [0.15, 0.2) is 29.6 Å². The molecule has 1 aromatic heterocycles. The lowest BCUT2D eigenvalue weighted by atomic mass is 9.99. The summed E-state index contributed by atoms with van der Waals surface area (Å²) in [5.41, 5.74) is 0.402. The zero-order valence-electron chi connectivity index (χ0n) is 16.5. The third-order valence-corrected chi connectivity index (χ3v) is 7.95. The van der Waals surface area contributed by atoms with E-state index in [2.05, 4.69) is 11.9 Å². The third kappa shape index (κ3) is 5.76. The summed E-state index contributed by atoms with van der Waals surface area (Å²) < 4.78 is 43.9. The van der Waals surface area contributed by atoms with Crippen molar-refractivity contribution in [3.05, 3.63) is 46.2 Å². The van der Waals surface area contributed by atoms with Crippen LogP contribution in [0.2, 0.25) is 0 Å². The van der Waals surface area contributed by atoms with E-state index in [0.29, 0.717) is 35.5 Å². The summed E-state index contributed by atoms with van der Waals surface area (Å²) >= 11 is 1.29. The van der Waals surface area contributed by atoms with E-state index in [4.69, 9.17) is 4.74 Å². The van der Waals surface area contributed by atoms with E-state index in [0.717, 1.165) is 12.8 Å². The number of aromatic nitrogens is 1. The fourth-order valence-corrected chi connectivity index (χ4v) is 5.21. The van der Waals surface area contributed by atoms with Crippen LogP contribution in [0, 0.1) is 11.7 Å². The van der Waals surface area contributed by atoms with Crippen molar-refractivity contribution in [3.63, 3.8) is 0 Å². The Kier molecular flexibility index (Phi) is 6.89. The molecule has 0 bridgehead atoms. The first-order valence-electron chi connectivity index (χ1n) is 9.56. The predicted molar refractivity (Wildman–Crippen MR) is 110 cm³/mol. The Morgan fingerprint density at radius 3 is 2.62 bits per heavy atom. The quantitative estimate of drug-likeness (QED) is 0.659. The molecule has 1 unspecified atom stereocenters. The van der Waals surface area contributed by atoms with Gasteiger partial charge in [-0.25, -0.2) is 17.8 Å². The Bertz CT molecular complexity index is 936. The second-order valence-electron chi connectivity index (χ2n) is 7.43. The average Bonchev–Trinajstić information content (AvgIpc) is 3.13. The van der Waals surface area contributed by atoms with E-state index in [1.165, 1.54) is 42.5 Å². The lowest BCUT2D eigenvalue weighted by Crippen LogP contribution is -2.45. The van der Waals surface area contributed by atoms with Crippen LogP contribution in [0.5, 0.6) is 5.75 Å². The molecule has 1 atom stereocenters. The zero-order chi connectivity index (χ0) is 21.0. The van der Waals surface area contributed by atoms with E-state index in [1.54, 1.807) is 10.3 Å². The van der Waals surface area contributed by atoms with Crippen LogP contribution in [0.4, 0.5) is 4.39 Å². The maximum Gasteiger partial charge on any atom is 0.240 e. The Hall–Kier alpha value is -2.00. The number of thiazole rings is 1. The highest BCUT2D eigenvalue weighted by Gasteiger charge is 2.33. The van der Waals surface area contributed by atoms with Crippen molar-refractivity contribution >= 4 is 27.1 Å². The van der Waals surface area contributed by atoms with E-state index in [-0.39, 0.29) is 24.1 Å². The summed E-state index contributed by atoms with van der Waals surface area (Å²) in [5.74, 6) is 0.119. The van der Waals surface area contributed by atoms with Gasteiger partial charge in [-0.1, -0.05) is 6.92 Å². The first-order chi connectivity index (χ1) is 13.7. The van der Waals surface area contributed by atoms with Crippen LogP contribution in [-0.2, 0) is 27.0 Å². The molecule has 1 aliphatic rings. The lowest BCUT2D eigenvalue weighted by Gasteiger charge is -2.32. The molecule has 0 spiro atoms. The lowest BCUT2D eigenvalue weighted by molar-refractivity contribution is -0.131. The molecule has 6 nitrogen and oxygen atoms in total. The zero-order valence-corrected chi connectivity index (χ0v) is 18.1. The SMILES string of the molecule is CC1CCN(C(=O)C(C)S(=O)(=O)Cc2csc(COc3ccc(F)cc3)n2)CC1. The third-order valence-electron chi connectivity index (χ3n) is 5.11. The fourth-order valence-electron chi connectivity index (χ4n) is 3.13. The number of amides is 1. The molecular formula is C20H25FN2O4S2. The van der Waals surface area contributed by atoms with Gasteiger partial charge in [0.2, 0.25) is 5.91 Å². The number of nitrogens with zero attached hydrogens (tertiary/aromatic N) is 2. The highest BCUT2D eigenvalue weighted by atomic mass is 32.2. The fraction of sp³-hybridized carbons (Fsp3) is 0.500. The van der Waals surface area contributed by atoms with Crippen LogP contribution >= 0.6 is 11.3 Å². The maximum atomic E-state index is 12.9. The van der Waals surface area contributed by atoms with Crippen molar-refractivity contribution in [1.29, 1.82) is 0 Å². The molecule has 1 amide bonds. The number of benzene rings is 1. The summed E-state index contributed by atoms with van der Waals surface area (Å²) in [6, 6.07) is 5.64. The average molecular weight is 441 g/mol. The Morgan fingerprint density at radius 2 is 1.97 bits per heavy atom. The molecule has 29 heavy (non-hydrogen) atoms. The Morgan fingerprint density at radius 1 is 1.31 bits per heavy atom. The minimum absolute atomic E-state index is 0.163. The van der Waals surface area contributed by atoms with Crippen LogP contribution in [0.1, 0.15) is 37.4 Å². The number of likely N-dealkylation sites (tertiary alicyclic amines) is 1. The number of carbonyl (C=O) groups excluding carboxylic acids is 1. The van der Waals surface area contributed by atoms with Crippen molar-refractivity contribution in [3.8, 4) is 5.75 Å². The van der Waals surface area contributed by atoms with E-state index < -0.39 is 15.1 Å². The summed E-state index contributed by atoms with van der Waals surface area (Å²) in [7, 11) is -3.66. The van der Waals surface area contributed by atoms with E-state index in [1.807, 2.05) is 0 Å². The molecule has 2 heterocycles. The van der Waals surface area contributed by atoms with Gasteiger partial charge in [-0.15, -0.1) is 11.3 Å². The van der Waals surface area contributed by atoms with Crippen molar-refractivity contribution in [2.75, 3.05) is 13.1 Å². The van der Waals surface area contributed by atoms with Gasteiger partial charge in [0.15, 0.2) is 9.84 Å². The number of halogens is 1. The Labute approximate surface area is 174 Å². The number of piperidine rings is 1. The first kappa shape index (κ1) is 21.7. The number of sulfone groups is 1. The van der Waals surface area contributed by atoms with Crippen molar-refractivity contribution < 1.29 is 22.3 Å². The number of hydrogen-bond donors (Lipinski definition) is 0. The van der Waals surface area contributed by atoms with E-state index >= 15 is 0 Å². The number of hydrogen-bond acceptors (Lipinski definition) is 6. The predicted octanol–water partition coefficient (Wildman–Crippen LogP) is 3.42. The van der Waals surface area contributed by atoms with Gasteiger partial charge in [0.25, 0.3) is 0 Å². The molecule has 158 valence electrons. The molecule has 2 aromatic rings. The first-order valence-corrected chi connectivity index (χ1v) is 12.2. The topological polar surface area (TPSA) is 76.6 Å². The number of carbonyl (C=O) groups is 1. The normalized spacial score (nSPS) is 16.6. The second-order valence-corrected chi connectivity index (χ2v) is 10.7. The van der Waals surface area contributed by atoms with Gasteiger partial charge in [0.1, 0.15) is 28.4 Å². The van der Waals surface area contributed by atoms with Gasteiger partial charge in [-0.05, 0) is 49.9 Å². The molecule has 1 aromatic carbocycles. The van der Waals surface area contributed by atoms with Crippen LogP contribution in [0.25, 0.3) is 0 Å². The summed E-state index contributed by atoms with van der Waals surface area (Å²) in [4.78, 5) is 18.6. The molecular weight excluding hydrogens is 415 g/mol. The molecule has 0 N–H and O–H groups in total. The standard InChI is InChI=1S/C20H25FN2O4S2/c1-14-7-9-23(10-8-14)20(24)15(2)29(25,26)13-17-12-28-19(22-17)11-27-18-5-3-16(21)4-6-18/h3-6,12,14-15H,7-11,13H2,1-2H3.